The zero-order valence-corrected chi connectivity index (χ0v) is 15.4. The molecular weight excluding hydrogens is 328 g/mol. The summed E-state index contributed by atoms with van der Waals surface area (Å²) in [6.45, 7) is 1.01. The maximum absolute atomic E-state index is 3.49. The number of aromatic amines is 1. The van der Waals surface area contributed by atoms with Gasteiger partial charge >= 0.3 is 0 Å². The minimum Gasteiger partial charge on any atom is -0.361 e. The summed E-state index contributed by atoms with van der Waals surface area (Å²) in [5, 5.41) is 1.45. The van der Waals surface area contributed by atoms with Crippen molar-refractivity contribution in [2.45, 2.75) is 24.9 Å². The zero-order chi connectivity index (χ0) is 18.0. The number of aromatic nitrogens is 1. The SMILES string of the molecule is CN1Cc2c(-c3ccccc3)cccc2C2c3cccc4[nH]cc(c34)CC21. The van der Waals surface area contributed by atoms with Gasteiger partial charge in [-0.1, -0.05) is 60.7 Å². The molecule has 0 saturated carbocycles. The van der Waals surface area contributed by atoms with E-state index in [2.05, 4.69) is 89.9 Å². The minimum atomic E-state index is 0.439. The first kappa shape index (κ1) is 15.2. The largest absolute Gasteiger partial charge is 0.361 e. The average Bonchev–Trinajstić information content (AvgIpc) is 3.13. The van der Waals surface area contributed by atoms with E-state index in [4.69, 9.17) is 0 Å². The molecule has 0 spiro atoms. The Morgan fingerprint density at radius 2 is 1.70 bits per heavy atom. The summed E-state index contributed by atoms with van der Waals surface area (Å²) in [6.07, 6.45) is 3.33. The standard InChI is InChI=1S/C25H22N2/c1-27-15-21-18(16-7-3-2-4-8-16)9-5-10-19(21)25-20-11-6-12-22-24(20)17(14-26-22)13-23(25)27/h2-12,14,23,25-26H,13,15H2,1H3. The van der Waals surface area contributed by atoms with Gasteiger partial charge in [0.05, 0.1) is 0 Å². The van der Waals surface area contributed by atoms with E-state index >= 15 is 0 Å². The van der Waals surface area contributed by atoms with E-state index in [-0.39, 0.29) is 0 Å². The number of nitrogens with one attached hydrogen (secondary N) is 1. The van der Waals surface area contributed by atoms with Gasteiger partial charge in [-0.05, 0) is 52.9 Å². The summed E-state index contributed by atoms with van der Waals surface area (Å²) in [5.41, 5.74) is 9.93. The van der Waals surface area contributed by atoms with Crippen molar-refractivity contribution in [2.75, 3.05) is 7.05 Å². The third-order valence-electron chi connectivity index (χ3n) is 6.57. The molecule has 2 heteroatoms. The van der Waals surface area contributed by atoms with Crippen molar-refractivity contribution in [1.82, 2.24) is 9.88 Å². The Morgan fingerprint density at radius 1 is 0.889 bits per heavy atom. The van der Waals surface area contributed by atoms with Crippen LogP contribution in [0.4, 0.5) is 0 Å². The highest BCUT2D eigenvalue weighted by molar-refractivity contribution is 5.89. The van der Waals surface area contributed by atoms with E-state index in [1.165, 1.54) is 44.3 Å². The number of rotatable bonds is 1. The number of fused-ring (bicyclic) bond motifs is 4. The third-order valence-corrected chi connectivity index (χ3v) is 6.57. The first-order valence-electron chi connectivity index (χ1n) is 9.77. The Labute approximate surface area is 159 Å². The van der Waals surface area contributed by atoms with Crippen LogP contribution < -0.4 is 0 Å². The smallest absolute Gasteiger partial charge is 0.0459 e. The Balaban J connectivity index is 1.62. The molecule has 0 amide bonds. The van der Waals surface area contributed by atoms with Crippen LogP contribution >= 0.6 is 0 Å². The van der Waals surface area contributed by atoms with Gasteiger partial charge in [-0.25, -0.2) is 0 Å². The highest BCUT2D eigenvalue weighted by Gasteiger charge is 2.39. The van der Waals surface area contributed by atoms with E-state index in [0.29, 0.717) is 12.0 Å². The van der Waals surface area contributed by atoms with Crippen molar-refractivity contribution in [3.8, 4) is 11.1 Å². The molecule has 0 fully saturated rings. The van der Waals surface area contributed by atoms with Gasteiger partial charge in [-0.3, -0.25) is 4.90 Å². The molecular formula is C25H22N2. The molecule has 2 aliphatic rings. The van der Waals surface area contributed by atoms with Crippen LogP contribution in [0.2, 0.25) is 0 Å². The van der Waals surface area contributed by atoms with Crippen LogP contribution in [0.3, 0.4) is 0 Å². The van der Waals surface area contributed by atoms with Gasteiger partial charge in [0.1, 0.15) is 0 Å². The predicted molar refractivity (Wildman–Crippen MR) is 111 cm³/mol. The topological polar surface area (TPSA) is 19.0 Å². The zero-order valence-electron chi connectivity index (χ0n) is 15.4. The van der Waals surface area contributed by atoms with Crippen molar-refractivity contribution in [3.05, 3.63) is 95.2 Å². The molecule has 6 rings (SSSR count). The van der Waals surface area contributed by atoms with Crippen molar-refractivity contribution in [2.24, 2.45) is 0 Å². The quantitative estimate of drug-likeness (QED) is 0.491. The van der Waals surface area contributed by atoms with Gasteiger partial charge in [0.2, 0.25) is 0 Å². The maximum Gasteiger partial charge on any atom is 0.0459 e. The highest BCUT2D eigenvalue weighted by atomic mass is 15.1. The summed E-state index contributed by atoms with van der Waals surface area (Å²) < 4.78 is 0. The van der Waals surface area contributed by atoms with E-state index in [1.54, 1.807) is 0 Å². The summed E-state index contributed by atoms with van der Waals surface area (Å²) in [7, 11) is 2.29. The number of hydrogen-bond donors (Lipinski definition) is 1. The lowest BCUT2D eigenvalue weighted by Crippen LogP contribution is -2.44. The van der Waals surface area contributed by atoms with Gasteiger partial charge in [0.25, 0.3) is 0 Å². The second-order valence-electron chi connectivity index (χ2n) is 7.99. The number of benzene rings is 3. The van der Waals surface area contributed by atoms with Crippen molar-refractivity contribution >= 4 is 10.9 Å². The van der Waals surface area contributed by atoms with Crippen LogP contribution in [0, 0.1) is 0 Å². The highest BCUT2D eigenvalue weighted by Crippen LogP contribution is 2.47. The maximum atomic E-state index is 3.49. The average molecular weight is 350 g/mol. The lowest BCUT2D eigenvalue weighted by Gasteiger charge is -2.44. The third kappa shape index (κ3) is 2.11. The van der Waals surface area contributed by atoms with Gasteiger partial charge in [0.15, 0.2) is 0 Å². The first-order valence-corrected chi connectivity index (χ1v) is 9.77. The van der Waals surface area contributed by atoms with E-state index in [1.807, 2.05) is 0 Å². The Bertz CT molecular complexity index is 1160. The normalized spacial score (nSPS) is 21.1. The lowest BCUT2D eigenvalue weighted by atomic mass is 9.71. The molecule has 0 saturated heterocycles. The second kappa shape index (κ2) is 5.58. The van der Waals surface area contributed by atoms with Gasteiger partial charge < -0.3 is 4.98 Å². The van der Waals surface area contributed by atoms with Gasteiger partial charge in [-0.2, -0.15) is 0 Å². The Kier molecular flexibility index (Phi) is 3.15. The molecule has 0 radical (unpaired) electrons. The first-order chi connectivity index (χ1) is 13.3. The molecule has 132 valence electrons. The van der Waals surface area contributed by atoms with E-state index in [0.717, 1.165) is 13.0 Å². The predicted octanol–water partition coefficient (Wildman–Crippen LogP) is 5.34. The Morgan fingerprint density at radius 3 is 2.59 bits per heavy atom. The van der Waals surface area contributed by atoms with E-state index < -0.39 is 0 Å². The fourth-order valence-electron chi connectivity index (χ4n) is 5.37. The minimum absolute atomic E-state index is 0.439. The summed E-state index contributed by atoms with van der Waals surface area (Å²) in [6, 6.07) is 25.0. The van der Waals surface area contributed by atoms with Crippen molar-refractivity contribution in [1.29, 1.82) is 0 Å². The van der Waals surface area contributed by atoms with Crippen LogP contribution in [0.15, 0.2) is 72.9 Å². The van der Waals surface area contributed by atoms with Gasteiger partial charge in [0, 0.05) is 35.6 Å². The monoisotopic (exact) mass is 350 g/mol. The van der Waals surface area contributed by atoms with Crippen molar-refractivity contribution in [3.63, 3.8) is 0 Å². The molecule has 2 nitrogen and oxygen atoms in total. The fraction of sp³-hybridized carbons (Fsp3) is 0.200. The molecule has 1 N–H and O–H groups in total. The molecule has 2 heterocycles. The van der Waals surface area contributed by atoms with Crippen LogP contribution in [-0.2, 0) is 13.0 Å². The summed E-state index contributed by atoms with van der Waals surface area (Å²) >= 11 is 0. The number of hydrogen-bond acceptors (Lipinski definition) is 1. The fourth-order valence-corrected chi connectivity index (χ4v) is 5.37. The lowest BCUT2D eigenvalue weighted by molar-refractivity contribution is 0.193. The number of likely N-dealkylation sites (N-methyl/N-ethyl adjacent to an activating group) is 1. The molecule has 1 aromatic heterocycles. The molecule has 3 aromatic carbocycles. The molecule has 4 aromatic rings. The number of H-pyrrole nitrogens is 1. The van der Waals surface area contributed by atoms with E-state index in [9.17, 15) is 0 Å². The Hall–Kier alpha value is -2.84. The summed E-state index contributed by atoms with van der Waals surface area (Å²) in [5.74, 6) is 0.439. The van der Waals surface area contributed by atoms with Crippen LogP contribution in [0.5, 0.6) is 0 Å². The van der Waals surface area contributed by atoms with Crippen LogP contribution in [0.25, 0.3) is 22.0 Å². The van der Waals surface area contributed by atoms with Crippen LogP contribution in [-0.4, -0.2) is 23.0 Å². The molecule has 2 atom stereocenters. The van der Waals surface area contributed by atoms with Gasteiger partial charge in [-0.15, -0.1) is 0 Å². The molecule has 2 unspecified atom stereocenters. The summed E-state index contributed by atoms with van der Waals surface area (Å²) in [4.78, 5) is 6.05. The molecule has 1 aliphatic carbocycles. The van der Waals surface area contributed by atoms with Crippen molar-refractivity contribution < 1.29 is 0 Å². The molecule has 27 heavy (non-hydrogen) atoms. The second-order valence-corrected chi connectivity index (χ2v) is 7.99. The molecule has 0 bridgehead atoms. The number of nitrogens with zero attached hydrogens (tertiary/aromatic N) is 1. The molecule has 1 aliphatic heterocycles. The van der Waals surface area contributed by atoms with Crippen LogP contribution in [0.1, 0.15) is 28.2 Å².